The smallest absolute Gasteiger partial charge is 0.410 e. The first kappa shape index (κ1) is 25.5. The van der Waals surface area contributed by atoms with Gasteiger partial charge < -0.3 is 15.2 Å². The van der Waals surface area contributed by atoms with Gasteiger partial charge in [0.1, 0.15) is 17.5 Å². The van der Waals surface area contributed by atoms with E-state index in [-0.39, 0.29) is 29.9 Å². The summed E-state index contributed by atoms with van der Waals surface area (Å²) in [4.78, 5) is 19.1. The topological polar surface area (TPSA) is 95.5 Å². The lowest BCUT2D eigenvalue weighted by Gasteiger charge is -2.27. The Kier molecular flexibility index (Phi) is 6.93. The number of hydrogen-bond donors (Lipinski definition) is 1. The minimum absolute atomic E-state index is 0.155. The standard InChI is InChI=1S/C27H34FN5O3/c1-16-24(22(32(6)31-16)15-33(21-11-12-21)26(34)36-27(3,4)5)19-13-23(25(29)30-14-19)35-17(2)18-7-9-20(28)10-8-18/h7-10,13-14,17,21H,11-12,15H2,1-6H3,(H2,29,30). The van der Waals surface area contributed by atoms with Gasteiger partial charge in [0.25, 0.3) is 0 Å². The lowest BCUT2D eigenvalue weighted by atomic mass is 10.0. The molecule has 192 valence electrons. The minimum atomic E-state index is -0.580. The first-order chi connectivity index (χ1) is 16.9. The molecular formula is C27H34FN5O3. The summed E-state index contributed by atoms with van der Waals surface area (Å²) in [7, 11) is 1.87. The van der Waals surface area contributed by atoms with E-state index >= 15 is 0 Å². The highest BCUT2D eigenvalue weighted by Crippen LogP contribution is 2.36. The van der Waals surface area contributed by atoms with Crippen molar-refractivity contribution in [2.24, 2.45) is 7.05 Å². The molecule has 0 spiro atoms. The Balaban J connectivity index is 1.64. The van der Waals surface area contributed by atoms with Crippen molar-refractivity contribution in [1.29, 1.82) is 0 Å². The normalized spacial score (nSPS) is 14.4. The number of halogens is 1. The van der Waals surface area contributed by atoms with E-state index in [1.54, 1.807) is 27.9 Å². The molecule has 2 aromatic heterocycles. The molecular weight excluding hydrogens is 461 g/mol. The molecule has 9 heteroatoms. The van der Waals surface area contributed by atoms with Crippen LogP contribution in [0.25, 0.3) is 11.1 Å². The van der Waals surface area contributed by atoms with E-state index < -0.39 is 5.60 Å². The first-order valence-electron chi connectivity index (χ1n) is 12.1. The molecule has 1 aliphatic rings. The van der Waals surface area contributed by atoms with Gasteiger partial charge in [-0.25, -0.2) is 14.2 Å². The zero-order valence-electron chi connectivity index (χ0n) is 21.7. The van der Waals surface area contributed by atoms with E-state index in [1.807, 2.05) is 47.7 Å². The van der Waals surface area contributed by atoms with Crippen molar-refractivity contribution in [3.8, 4) is 16.9 Å². The van der Waals surface area contributed by atoms with Gasteiger partial charge in [0.15, 0.2) is 11.6 Å². The fraction of sp³-hybridized carbons (Fsp3) is 0.444. The summed E-state index contributed by atoms with van der Waals surface area (Å²) in [5.74, 6) is 0.370. The molecule has 1 amide bonds. The number of pyridine rings is 1. The Morgan fingerprint density at radius 3 is 2.56 bits per heavy atom. The molecule has 3 aromatic rings. The van der Waals surface area contributed by atoms with Crippen LogP contribution in [0.4, 0.5) is 15.0 Å². The van der Waals surface area contributed by atoms with Crippen molar-refractivity contribution in [1.82, 2.24) is 19.7 Å². The second-order valence-electron chi connectivity index (χ2n) is 10.3. The van der Waals surface area contributed by atoms with Gasteiger partial charge in [-0.15, -0.1) is 0 Å². The number of amides is 1. The zero-order chi connectivity index (χ0) is 26.2. The van der Waals surface area contributed by atoms with E-state index in [0.29, 0.717) is 12.3 Å². The number of hydrogen-bond acceptors (Lipinski definition) is 6. The molecule has 0 bridgehead atoms. The average Bonchev–Trinajstić information content (AvgIpc) is 3.58. The number of nitrogen functional groups attached to an aromatic ring is 1. The molecule has 0 radical (unpaired) electrons. The molecule has 1 aliphatic carbocycles. The Morgan fingerprint density at radius 2 is 1.94 bits per heavy atom. The third kappa shape index (κ3) is 5.78. The molecule has 4 rings (SSSR count). The quantitative estimate of drug-likeness (QED) is 0.462. The van der Waals surface area contributed by atoms with Crippen LogP contribution in [0, 0.1) is 12.7 Å². The molecule has 0 aliphatic heterocycles. The molecule has 1 unspecified atom stereocenters. The van der Waals surface area contributed by atoms with Gasteiger partial charge >= 0.3 is 6.09 Å². The second-order valence-corrected chi connectivity index (χ2v) is 10.3. The lowest BCUT2D eigenvalue weighted by Crippen LogP contribution is -2.38. The fourth-order valence-corrected chi connectivity index (χ4v) is 4.15. The van der Waals surface area contributed by atoms with Crippen molar-refractivity contribution in [2.75, 3.05) is 5.73 Å². The van der Waals surface area contributed by atoms with Crippen LogP contribution in [-0.2, 0) is 18.3 Å². The van der Waals surface area contributed by atoms with Crippen LogP contribution in [0.5, 0.6) is 5.75 Å². The van der Waals surface area contributed by atoms with Gasteiger partial charge in [-0.2, -0.15) is 5.10 Å². The number of aromatic nitrogens is 3. The Morgan fingerprint density at radius 1 is 1.28 bits per heavy atom. The molecule has 0 saturated heterocycles. The van der Waals surface area contributed by atoms with Crippen LogP contribution in [0.2, 0.25) is 0 Å². The summed E-state index contributed by atoms with van der Waals surface area (Å²) >= 11 is 0. The molecule has 1 atom stereocenters. The number of benzene rings is 1. The van der Waals surface area contributed by atoms with Crippen molar-refractivity contribution >= 4 is 11.9 Å². The molecule has 1 saturated carbocycles. The van der Waals surface area contributed by atoms with Gasteiger partial charge in [0, 0.05) is 30.4 Å². The van der Waals surface area contributed by atoms with E-state index in [9.17, 15) is 9.18 Å². The molecule has 1 fully saturated rings. The highest BCUT2D eigenvalue weighted by atomic mass is 19.1. The minimum Gasteiger partial charge on any atom is -0.482 e. The first-order valence-corrected chi connectivity index (χ1v) is 12.1. The van der Waals surface area contributed by atoms with E-state index in [0.717, 1.165) is 40.9 Å². The number of ether oxygens (including phenoxy) is 2. The summed E-state index contributed by atoms with van der Waals surface area (Å²) < 4.78 is 26.9. The Hall–Kier alpha value is -3.62. The van der Waals surface area contributed by atoms with Crippen LogP contribution in [0.15, 0.2) is 36.5 Å². The summed E-state index contributed by atoms with van der Waals surface area (Å²) in [5, 5.41) is 4.63. The Labute approximate surface area is 211 Å². The average molecular weight is 496 g/mol. The number of anilines is 1. The largest absolute Gasteiger partial charge is 0.482 e. The number of carbonyl (C=O) groups is 1. The summed E-state index contributed by atoms with van der Waals surface area (Å²) in [6.45, 7) is 9.75. The second kappa shape index (κ2) is 9.79. The lowest BCUT2D eigenvalue weighted by molar-refractivity contribution is 0.0212. The maximum Gasteiger partial charge on any atom is 0.410 e. The molecule has 2 heterocycles. The highest BCUT2D eigenvalue weighted by molar-refractivity contribution is 5.73. The van der Waals surface area contributed by atoms with Crippen LogP contribution in [0.3, 0.4) is 0 Å². The monoisotopic (exact) mass is 495 g/mol. The van der Waals surface area contributed by atoms with E-state index in [2.05, 4.69) is 10.1 Å². The van der Waals surface area contributed by atoms with E-state index in [4.69, 9.17) is 15.2 Å². The maximum absolute atomic E-state index is 13.3. The van der Waals surface area contributed by atoms with Crippen LogP contribution in [-0.4, -0.2) is 37.4 Å². The van der Waals surface area contributed by atoms with Crippen LogP contribution >= 0.6 is 0 Å². The van der Waals surface area contributed by atoms with Gasteiger partial charge in [-0.05, 0) is 71.2 Å². The van der Waals surface area contributed by atoms with Gasteiger partial charge in [0.05, 0.1) is 17.9 Å². The van der Waals surface area contributed by atoms with Crippen LogP contribution in [0.1, 0.15) is 63.6 Å². The number of rotatable bonds is 7. The predicted octanol–water partition coefficient (Wildman–Crippen LogP) is 5.55. The van der Waals surface area contributed by atoms with Crippen LogP contribution < -0.4 is 10.5 Å². The summed E-state index contributed by atoms with van der Waals surface area (Å²) in [6.07, 6.45) is 2.90. The number of aryl methyl sites for hydroxylation is 2. The van der Waals surface area contributed by atoms with Gasteiger partial charge in [-0.3, -0.25) is 9.58 Å². The third-order valence-corrected chi connectivity index (χ3v) is 6.09. The molecule has 1 aromatic carbocycles. The zero-order valence-corrected chi connectivity index (χ0v) is 21.7. The Bertz CT molecular complexity index is 1250. The van der Waals surface area contributed by atoms with Gasteiger partial charge in [-0.1, -0.05) is 12.1 Å². The summed E-state index contributed by atoms with van der Waals surface area (Å²) in [6, 6.07) is 8.15. The van der Waals surface area contributed by atoms with Crippen molar-refractivity contribution in [3.63, 3.8) is 0 Å². The van der Waals surface area contributed by atoms with Gasteiger partial charge in [0.2, 0.25) is 0 Å². The number of nitrogens with zero attached hydrogens (tertiary/aromatic N) is 4. The molecule has 8 nitrogen and oxygen atoms in total. The third-order valence-electron chi connectivity index (χ3n) is 6.09. The molecule has 36 heavy (non-hydrogen) atoms. The van der Waals surface area contributed by atoms with Crippen molar-refractivity contribution in [2.45, 2.75) is 71.8 Å². The summed E-state index contributed by atoms with van der Waals surface area (Å²) in [5.41, 5.74) is 9.71. The van der Waals surface area contributed by atoms with Crippen molar-refractivity contribution in [3.05, 3.63) is 59.3 Å². The number of nitrogens with two attached hydrogens (primary N) is 1. The van der Waals surface area contributed by atoms with E-state index in [1.165, 1.54) is 12.1 Å². The molecule has 2 N–H and O–H groups in total. The highest BCUT2D eigenvalue weighted by Gasteiger charge is 2.36. The number of carbonyl (C=O) groups excluding carboxylic acids is 1. The van der Waals surface area contributed by atoms with Crippen molar-refractivity contribution < 1.29 is 18.7 Å². The SMILES string of the molecule is Cc1nn(C)c(CN(C(=O)OC(C)(C)C)C2CC2)c1-c1cnc(N)c(OC(C)c2ccc(F)cc2)c1. The maximum atomic E-state index is 13.3. The fourth-order valence-electron chi connectivity index (χ4n) is 4.15. The predicted molar refractivity (Wildman–Crippen MR) is 136 cm³/mol.